The fourth-order valence-corrected chi connectivity index (χ4v) is 1.95. The smallest absolute Gasteiger partial charge is 0.255 e. The van der Waals surface area contributed by atoms with Crippen LogP contribution in [0.5, 0.6) is 11.5 Å². The maximum Gasteiger partial charge on any atom is 0.255 e. The van der Waals surface area contributed by atoms with Crippen LogP contribution >= 0.6 is 0 Å². The number of nitrogens with zero attached hydrogens (tertiary/aromatic N) is 1. The third kappa shape index (κ3) is 2.23. The monoisotopic (exact) mass is 271 g/mol. The molecule has 0 fully saturated rings. The van der Waals surface area contributed by atoms with Crippen molar-refractivity contribution in [1.29, 1.82) is 0 Å². The summed E-state index contributed by atoms with van der Waals surface area (Å²) in [6, 6.07) is 6.64. The van der Waals surface area contributed by atoms with Crippen molar-refractivity contribution in [3.63, 3.8) is 0 Å². The first-order valence-electron chi connectivity index (χ1n) is 6.06. The van der Waals surface area contributed by atoms with Gasteiger partial charge in [0.05, 0.1) is 11.4 Å². The van der Waals surface area contributed by atoms with Gasteiger partial charge >= 0.3 is 0 Å². The summed E-state index contributed by atoms with van der Waals surface area (Å²) in [4.78, 5) is 16.2. The maximum atomic E-state index is 12.2. The number of nitrogen functional groups attached to an aromatic ring is 1. The maximum absolute atomic E-state index is 12.2. The van der Waals surface area contributed by atoms with Crippen molar-refractivity contribution in [1.82, 2.24) is 4.98 Å². The molecule has 3 N–H and O–H groups in total. The number of fused-ring (bicyclic) bond motifs is 1. The third-order valence-corrected chi connectivity index (χ3v) is 2.95. The van der Waals surface area contributed by atoms with Gasteiger partial charge in [-0.2, -0.15) is 0 Å². The minimum atomic E-state index is -0.249. The van der Waals surface area contributed by atoms with E-state index in [0.717, 1.165) is 5.69 Å². The van der Waals surface area contributed by atoms with Gasteiger partial charge in [-0.05, 0) is 19.1 Å². The molecule has 1 aliphatic heterocycles. The first kappa shape index (κ1) is 12.3. The summed E-state index contributed by atoms with van der Waals surface area (Å²) in [7, 11) is 0. The number of hydrogen-bond donors (Lipinski definition) is 2. The van der Waals surface area contributed by atoms with E-state index < -0.39 is 0 Å². The van der Waals surface area contributed by atoms with Gasteiger partial charge in [-0.25, -0.2) is 0 Å². The highest BCUT2D eigenvalue weighted by molar-refractivity contribution is 6.06. The standard InChI is InChI=1S/C14H13N3O3/c1-8-4-9(2-3-16-8)14(18)17-11-6-13-12(5-10(11)15)19-7-20-13/h2-6H,7,15H2,1H3,(H,17,18). The van der Waals surface area contributed by atoms with Crippen LogP contribution in [-0.4, -0.2) is 17.7 Å². The molecule has 1 aromatic carbocycles. The molecular formula is C14H13N3O3. The van der Waals surface area contributed by atoms with Crippen LogP contribution in [-0.2, 0) is 0 Å². The number of anilines is 2. The van der Waals surface area contributed by atoms with Crippen LogP contribution in [0.15, 0.2) is 30.5 Å². The first-order valence-corrected chi connectivity index (χ1v) is 6.06. The van der Waals surface area contributed by atoms with Gasteiger partial charge in [-0.15, -0.1) is 0 Å². The van der Waals surface area contributed by atoms with Gasteiger partial charge in [-0.1, -0.05) is 0 Å². The largest absolute Gasteiger partial charge is 0.454 e. The normalized spacial score (nSPS) is 12.2. The molecule has 0 saturated heterocycles. The Kier molecular flexibility index (Phi) is 2.90. The molecule has 6 heteroatoms. The summed E-state index contributed by atoms with van der Waals surface area (Å²) in [6.07, 6.45) is 1.59. The Morgan fingerprint density at radius 3 is 2.80 bits per heavy atom. The van der Waals surface area contributed by atoms with Crippen molar-refractivity contribution in [2.45, 2.75) is 6.92 Å². The number of carbonyl (C=O) groups excluding carboxylic acids is 1. The van der Waals surface area contributed by atoms with Crippen molar-refractivity contribution in [2.75, 3.05) is 17.8 Å². The van der Waals surface area contributed by atoms with Crippen molar-refractivity contribution in [2.24, 2.45) is 0 Å². The Hall–Kier alpha value is -2.76. The van der Waals surface area contributed by atoms with E-state index in [1.165, 1.54) is 0 Å². The van der Waals surface area contributed by atoms with Crippen LogP contribution in [0, 0.1) is 6.92 Å². The summed E-state index contributed by atoms with van der Waals surface area (Å²) in [6.45, 7) is 1.99. The Morgan fingerprint density at radius 2 is 2.05 bits per heavy atom. The third-order valence-electron chi connectivity index (χ3n) is 2.95. The van der Waals surface area contributed by atoms with E-state index in [1.54, 1.807) is 30.5 Å². The molecule has 1 aromatic heterocycles. The minimum absolute atomic E-state index is 0.162. The lowest BCUT2D eigenvalue weighted by Crippen LogP contribution is -2.13. The van der Waals surface area contributed by atoms with Crippen molar-refractivity contribution in [3.05, 3.63) is 41.7 Å². The van der Waals surface area contributed by atoms with Crippen LogP contribution < -0.4 is 20.5 Å². The number of benzene rings is 1. The van der Waals surface area contributed by atoms with E-state index in [0.29, 0.717) is 28.4 Å². The van der Waals surface area contributed by atoms with Gasteiger partial charge in [0.15, 0.2) is 11.5 Å². The average Bonchev–Trinajstić information content (AvgIpc) is 2.86. The molecule has 0 atom stereocenters. The van der Waals surface area contributed by atoms with Crippen LogP contribution in [0.1, 0.15) is 16.1 Å². The summed E-state index contributed by atoms with van der Waals surface area (Å²) in [5, 5.41) is 2.76. The number of aryl methyl sites for hydroxylation is 1. The molecule has 20 heavy (non-hydrogen) atoms. The summed E-state index contributed by atoms with van der Waals surface area (Å²) < 4.78 is 10.5. The van der Waals surface area contributed by atoms with E-state index >= 15 is 0 Å². The van der Waals surface area contributed by atoms with E-state index in [4.69, 9.17) is 15.2 Å². The number of amides is 1. The van der Waals surface area contributed by atoms with Gasteiger partial charge in [0, 0.05) is 29.6 Å². The molecule has 102 valence electrons. The first-order chi connectivity index (χ1) is 9.63. The Balaban J connectivity index is 1.86. The van der Waals surface area contributed by atoms with Crippen molar-refractivity contribution < 1.29 is 14.3 Å². The number of nitrogens with one attached hydrogen (secondary N) is 1. The lowest BCUT2D eigenvalue weighted by atomic mass is 10.2. The summed E-state index contributed by atoms with van der Waals surface area (Å²) in [5.41, 5.74) is 8.10. The fourth-order valence-electron chi connectivity index (χ4n) is 1.95. The van der Waals surface area contributed by atoms with Crippen LogP contribution in [0.2, 0.25) is 0 Å². The Morgan fingerprint density at radius 1 is 1.30 bits per heavy atom. The van der Waals surface area contributed by atoms with Gasteiger partial charge in [-0.3, -0.25) is 9.78 Å². The summed E-state index contributed by atoms with van der Waals surface area (Å²) in [5.74, 6) is 0.904. The number of nitrogens with two attached hydrogens (primary N) is 1. The van der Waals surface area contributed by atoms with Crippen molar-refractivity contribution >= 4 is 17.3 Å². The topological polar surface area (TPSA) is 86.5 Å². The minimum Gasteiger partial charge on any atom is -0.454 e. The fraction of sp³-hybridized carbons (Fsp3) is 0.143. The number of ether oxygens (including phenoxy) is 2. The second-order valence-electron chi connectivity index (χ2n) is 4.43. The molecule has 3 rings (SSSR count). The molecule has 0 spiro atoms. The summed E-state index contributed by atoms with van der Waals surface area (Å²) >= 11 is 0. The van der Waals surface area contributed by atoms with Gasteiger partial charge in [0.25, 0.3) is 5.91 Å². The van der Waals surface area contributed by atoms with E-state index in [9.17, 15) is 4.79 Å². The molecule has 0 radical (unpaired) electrons. The molecule has 0 bridgehead atoms. The number of rotatable bonds is 2. The van der Waals surface area contributed by atoms with Crippen LogP contribution in [0.3, 0.4) is 0 Å². The quantitative estimate of drug-likeness (QED) is 0.815. The van der Waals surface area contributed by atoms with Crippen LogP contribution in [0.4, 0.5) is 11.4 Å². The molecule has 2 heterocycles. The average molecular weight is 271 g/mol. The van der Waals surface area contributed by atoms with Gasteiger partial charge in [0.1, 0.15) is 0 Å². The second-order valence-corrected chi connectivity index (χ2v) is 4.43. The molecule has 0 unspecified atom stereocenters. The zero-order valence-corrected chi connectivity index (χ0v) is 10.8. The number of hydrogen-bond acceptors (Lipinski definition) is 5. The highest BCUT2D eigenvalue weighted by Gasteiger charge is 2.17. The molecule has 1 aliphatic rings. The predicted octanol–water partition coefficient (Wildman–Crippen LogP) is 1.95. The van der Waals surface area contributed by atoms with Gasteiger partial charge in [0.2, 0.25) is 6.79 Å². The van der Waals surface area contributed by atoms with Gasteiger partial charge < -0.3 is 20.5 Å². The number of carbonyl (C=O) groups is 1. The van der Waals surface area contributed by atoms with E-state index in [1.807, 2.05) is 6.92 Å². The molecule has 0 saturated carbocycles. The molecule has 6 nitrogen and oxygen atoms in total. The van der Waals surface area contributed by atoms with E-state index in [-0.39, 0.29) is 12.7 Å². The molecule has 0 aliphatic carbocycles. The lowest BCUT2D eigenvalue weighted by Gasteiger charge is -2.09. The second kappa shape index (κ2) is 4.73. The predicted molar refractivity (Wildman–Crippen MR) is 73.9 cm³/mol. The molecule has 2 aromatic rings. The highest BCUT2D eigenvalue weighted by Crippen LogP contribution is 2.38. The lowest BCUT2D eigenvalue weighted by molar-refractivity contribution is 0.102. The number of aromatic nitrogens is 1. The van der Waals surface area contributed by atoms with Crippen molar-refractivity contribution in [3.8, 4) is 11.5 Å². The zero-order valence-electron chi connectivity index (χ0n) is 10.8. The van der Waals surface area contributed by atoms with E-state index in [2.05, 4.69) is 10.3 Å². The number of pyridine rings is 1. The van der Waals surface area contributed by atoms with Crippen LogP contribution in [0.25, 0.3) is 0 Å². The SMILES string of the molecule is Cc1cc(C(=O)Nc2cc3c(cc2N)OCO3)ccn1. The molecular weight excluding hydrogens is 258 g/mol. The zero-order chi connectivity index (χ0) is 14.1. The highest BCUT2D eigenvalue weighted by atomic mass is 16.7. The molecule has 1 amide bonds. The Labute approximate surface area is 115 Å². The Bertz CT molecular complexity index is 685.